The zero-order valence-corrected chi connectivity index (χ0v) is 8.89. The molecule has 0 aliphatic carbocycles. The van der Waals surface area contributed by atoms with Crippen LogP contribution in [-0.4, -0.2) is 11.6 Å². The van der Waals surface area contributed by atoms with E-state index in [1.807, 2.05) is 0 Å². The van der Waals surface area contributed by atoms with Crippen molar-refractivity contribution < 1.29 is 14.0 Å². The molecular formula is C14H9FO2. The standard InChI is InChI=1S/C14H9FO2/c15-12-8-6-11(7-9-12)14(17)13(16)10-4-2-1-3-5-10/h1-9H. The lowest BCUT2D eigenvalue weighted by molar-refractivity contribution is 0.0817. The molecule has 17 heavy (non-hydrogen) atoms. The minimum absolute atomic E-state index is 0.195. The Labute approximate surface area is 97.7 Å². The van der Waals surface area contributed by atoms with Gasteiger partial charge < -0.3 is 0 Å². The fourth-order valence-electron chi connectivity index (χ4n) is 1.45. The second-order valence-corrected chi connectivity index (χ2v) is 3.53. The summed E-state index contributed by atoms with van der Waals surface area (Å²) in [5.74, 6) is -1.65. The lowest BCUT2D eigenvalue weighted by atomic mass is 10.0. The first-order valence-corrected chi connectivity index (χ1v) is 5.08. The normalized spacial score (nSPS) is 9.94. The van der Waals surface area contributed by atoms with Crippen LogP contribution in [0.4, 0.5) is 4.39 Å². The van der Waals surface area contributed by atoms with Crippen LogP contribution in [0, 0.1) is 5.82 Å². The number of Topliss-reactive ketones (excluding diaryl/α,β-unsaturated/α-hetero) is 2. The van der Waals surface area contributed by atoms with E-state index >= 15 is 0 Å². The predicted molar refractivity (Wildman–Crippen MR) is 61.5 cm³/mol. The van der Waals surface area contributed by atoms with E-state index in [-0.39, 0.29) is 5.56 Å². The summed E-state index contributed by atoms with van der Waals surface area (Å²) in [6.07, 6.45) is 0. The van der Waals surface area contributed by atoms with Crippen molar-refractivity contribution in [2.75, 3.05) is 0 Å². The van der Waals surface area contributed by atoms with Crippen molar-refractivity contribution in [1.82, 2.24) is 0 Å². The van der Waals surface area contributed by atoms with Gasteiger partial charge in [0.25, 0.3) is 0 Å². The molecule has 0 spiro atoms. The second kappa shape index (κ2) is 4.70. The van der Waals surface area contributed by atoms with Crippen molar-refractivity contribution in [2.24, 2.45) is 0 Å². The Morgan fingerprint density at radius 2 is 1.18 bits per heavy atom. The number of hydrogen-bond acceptors (Lipinski definition) is 2. The summed E-state index contributed by atoms with van der Waals surface area (Å²) in [6, 6.07) is 13.2. The number of carbonyl (C=O) groups excluding carboxylic acids is 2. The quantitative estimate of drug-likeness (QED) is 0.598. The van der Waals surface area contributed by atoms with Crippen LogP contribution in [0.5, 0.6) is 0 Å². The Morgan fingerprint density at radius 3 is 1.71 bits per heavy atom. The number of ketones is 2. The highest BCUT2D eigenvalue weighted by molar-refractivity contribution is 6.49. The molecule has 0 atom stereocenters. The van der Waals surface area contributed by atoms with Crippen LogP contribution < -0.4 is 0 Å². The van der Waals surface area contributed by atoms with Crippen LogP contribution in [0.25, 0.3) is 0 Å². The fraction of sp³-hybridized carbons (Fsp3) is 0. The second-order valence-electron chi connectivity index (χ2n) is 3.53. The molecule has 0 heterocycles. The zero-order valence-electron chi connectivity index (χ0n) is 8.89. The SMILES string of the molecule is O=C(C(=O)c1ccc(F)cc1)c1ccccc1. The molecule has 0 amide bonds. The highest BCUT2D eigenvalue weighted by Crippen LogP contribution is 2.08. The molecule has 0 saturated heterocycles. The smallest absolute Gasteiger partial charge is 0.233 e. The monoisotopic (exact) mass is 228 g/mol. The Hall–Kier alpha value is -2.29. The van der Waals surface area contributed by atoms with E-state index < -0.39 is 17.4 Å². The highest BCUT2D eigenvalue weighted by atomic mass is 19.1. The molecule has 84 valence electrons. The average Bonchev–Trinajstić information content (AvgIpc) is 2.39. The summed E-state index contributed by atoms with van der Waals surface area (Å²) in [5.41, 5.74) is 0.530. The van der Waals surface area contributed by atoms with Gasteiger partial charge >= 0.3 is 0 Å². The van der Waals surface area contributed by atoms with E-state index in [0.717, 1.165) is 12.1 Å². The molecule has 2 aromatic carbocycles. The van der Waals surface area contributed by atoms with Crippen molar-refractivity contribution in [2.45, 2.75) is 0 Å². The number of rotatable bonds is 3. The van der Waals surface area contributed by atoms with Crippen LogP contribution in [0.1, 0.15) is 20.7 Å². The van der Waals surface area contributed by atoms with E-state index in [1.165, 1.54) is 12.1 Å². The summed E-state index contributed by atoms with van der Waals surface area (Å²) in [6.45, 7) is 0. The lowest BCUT2D eigenvalue weighted by Crippen LogP contribution is -2.14. The van der Waals surface area contributed by atoms with Gasteiger partial charge in [-0.15, -0.1) is 0 Å². The average molecular weight is 228 g/mol. The van der Waals surface area contributed by atoms with Crippen molar-refractivity contribution in [3.05, 3.63) is 71.5 Å². The van der Waals surface area contributed by atoms with Gasteiger partial charge in [-0.25, -0.2) is 4.39 Å². The van der Waals surface area contributed by atoms with Crippen LogP contribution in [0.3, 0.4) is 0 Å². The van der Waals surface area contributed by atoms with Gasteiger partial charge in [-0.1, -0.05) is 30.3 Å². The predicted octanol–water partition coefficient (Wildman–Crippen LogP) is 2.89. The molecule has 3 heteroatoms. The summed E-state index contributed by atoms with van der Waals surface area (Å²) in [7, 11) is 0. The maximum absolute atomic E-state index is 12.7. The minimum Gasteiger partial charge on any atom is -0.285 e. The summed E-state index contributed by atoms with van der Waals surface area (Å²) >= 11 is 0. The Morgan fingerprint density at radius 1 is 0.706 bits per heavy atom. The third kappa shape index (κ3) is 2.45. The third-order valence-electron chi connectivity index (χ3n) is 2.35. The van der Waals surface area contributed by atoms with Crippen LogP contribution in [0.15, 0.2) is 54.6 Å². The molecule has 2 rings (SSSR count). The molecule has 0 N–H and O–H groups in total. The number of halogens is 1. The highest BCUT2D eigenvalue weighted by Gasteiger charge is 2.17. The maximum atomic E-state index is 12.7. The molecule has 2 nitrogen and oxygen atoms in total. The van der Waals surface area contributed by atoms with Gasteiger partial charge in [0, 0.05) is 11.1 Å². The Balaban J connectivity index is 2.27. The molecule has 0 aliphatic rings. The first-order chi connectivity index (χ1) is 8.18. The molecule has 0 unspecified atom stereocenters. The van der Waals surface area contributed by atoms with Gasteiger partial charge in [0.1, 0.15) is 5.82 Å². The number of benzene rings is 2. The lowest BCUT2D eigenvalue weighted by Gasteiger charge is -2.00. The van der Waals surface area contributed by atoms with Gasteiger partial charge in [0.15, 0.2) is 0 Å². The van der Waals surface area contributed by atoms with Gasteiger partial charge in [0.05, 0.1) is 0 Å². The first kappa shape index (κ1) is 11.2. The number of hydrogen-bond donors (Lipinski definition) is 0. The molecular weight excluding hydrogens is 219 g/mol. The van der Waals surface area contributed by atoms with Crippen molar-refractivity contribution in [1.29, 1.82) is 0 Å². The minimum atomic E-state index is -0.629. The molecule has 0 saturated carbocycles. The Kier molecular flexibility index (Phi) is 3.10. The molecule has 0 aromatic heterocycles. The summed E-state index contributed by atoms with van der Waals surface area (Å²) < 4.78 is 12.7. The Bertz CT molecular complexity index is 544. The topological polar surface area (TPSA) is 34.1 Å². The third-order valence-corrected chi connectivity index (χ3v) is 2.35. The largest absolute Gasteiger partial charge is 0.285 e. The molecule has 0 aliphatic heterocycles. The molecule has 0 bridgehead atoms. The van der Waals surface area contributed by atoms with Crippen LogP contribution in [-0.2, 0) is 0 Å². The van der Waals surface area contributed by atoms with E-state index in [2.05, 4.69) is 0 Å². The van der Waals surface area contributed by atoms with Gasteiger partial charge in [-0.3, -0.25) is 9.59 Å². The number of carbonyl (C=O) groups is 2. The maximum Gasteiger partial charge on any atom is 0.233 e. The van der Waals surface area contributed by atoms with Crippen molar-refractivity contribution in [3.63, 3.8) is 0 Å². The van der Waals surface area contributed by atoms with Gasteiger partial charge in [-0.05, 0) is 24.3 Å². The van der Waals surface area contributed by atoms with Gasteiger partial charge in [-0.2, -0.15) is 0 Å². The first-order valence-electron chi connectivity index (χ1n) is 5.08. The fourth-order valence-corrected chi connectivity index (χ4v) is 1.45. The van der Waals surface area contributed by atoms with Crippen molar-refractivity contribution >= 4 is 11.6 Å². The van der Waals surface area contributed by atoms with E-state index in [9.17, 15) is 14.0 Å². The summed E-state index contributed by atoms with van der Waals surface area (Å²) in [5, 5.41) is 0. The van der Waals surface area contributed by atoms with E-state index in [4.69, 9.17) is 0 Å². The van der Waals surface area contributed by atoms with Crippen molar-refractivity contribution in [3.8, 4) is 0 Å². The van der Waals surface area contributed by atoms with Crippen LogP contribution >= 0.6 is 0 Å². The molecule has 0 fully saturated rings. The summed E-state index contributed by atoms with van der Waals surface area (Å²) in [4.78, 5) is 23.6. The molecule has 2 aromatic rings. The molecule has 0 radical (unpaired) electrons. The van der Waals surface area contributed by atoms with E-state index in [1.54, 1.807) is 30.3 Å². The van der Waals surface area contributed by atoms with E-state index in [0.29, 0.717) is 5.56 Å². The van der Waals surface area contributed by atoms with Crippen LogP contribution in [0.2, 0.25) is 0 Å². The zero-order chi connectivity index (χ0) is 12.3. The van der Waals surface area contributed by atoms with Gasteiger partial charge in [0.2, 0.25) is 11.6 Å².